The summed E-state index contributed by atoms with van der Waals surface area (Å²) < 4.78 is 0. The van der Waals surface area contributed by atoms with Crippen LogP contribution in [0.4, 0.5) is 11.8 Å². The highest BCUT2D eigenvalue weighted by atomic mass is 16.2. The normalized spacial score (nSPS) is 10.1. The number of hydrogen-bond acceptors (Lipinski definition) is 5. The third kappa shape index (κ3) is 3.90. The standard InChI is InChI=1S/C11H19N5O/c1-4-16(5-2)10(17)7-13-9-6-8(3)14-11(12)15-9/h6H,4-5,7H2,1-3H3,(H3,12,13,14,15). The van der Waals surface area contributed by atoms with Gasteiger partial charge in [0.05, 0.1) is 6.54 Å². The summed E-state index contributed by atoms with van der Waals surface area (Å²) in [5.41, 5.74) is 6.29. The van der Waals surface area contributed by atoms with Crippen LogP contribution in [0.25, 0.3) is 0 Å². The number of rotatable bonds is 5. The smallest absolute Gasteiger partial charge is 0.241 e. The van der Waals surface area contributed by atoms with Crippen LogP contribution in [0.2, 0.25) is 0 Å². The molecule has 0 aliphatic rings. The third-order valence-electron chi connectivity index (χ3n) is 2.41. The van der Waals surface area contributed by atoms with E-state index in [0.717, 1.165) is 5.69 Å². The number of nitrogens with zero attached hydrogens (tertiary/aromatic N) is 3. The van der Waals surface area contributed by atoms with Crippen LogP contribution in [0, 0.1) is 6.92 Å². The molecule has 0 aliphatic carbocycles. The fraction of sp³-hybridized carbons (Fsp3) is 0.545. The third-order valence-corrected chi connectivity index (χ3v) is 2.41. The van der Waals surface area contributed by atoms with Gasteiger partial charge in [0.15, 0.2) is 0 Å². The van der Waals surface area contributed by atoms with Crippen LogP contribution in [0.15, 0.2) is 6.07 Å². The lowest BCUT2D eigenvalue weighted by Crippen LogP contribution is -2.35. The number of nitrogen functional groups attached to an aromatic ring is 1. The molecule has 6 nitrogen and oxygen atoms in total. The van der Waals surface area contributed by atoms with E-state index in [1.807, 2.05) is 20.8 Å². The summed E-state index contributed by atoms with van der Waals surface area (Å²) in [6.45, 7) is 7.37. The molecule has 0 atom stereocenters. The van der Waals surface area contributed by atoms with Gasteiger partial charge in [0, 0.05) is 24.8 Å². The predicted molar refractivity (Wildman–Crippen MR) is 67.6 cm³/mol. The van der Waals surface area contributed by atoms with E-state index in [4.69, 9.17) is 5.73 Å². The zero-order chi connectivity index (χ0) is 12.8. The van der Waals surface area contributed by atoms with Crippen molar-refractivity contribution >= 4 is 17.7 Å². The van der Waals surface area contributed by atoms with Crippen molar-refractivity contribution < 1.29 is 4.79 Å². The maximum absolute atomic E-state index is 11.7. The van der Waals surface area contributed by atoms with E-state index in [2.05, 4.69) is 15.3 Å². The lowest BCUT2D eigenvalue weighted by atomic mass is 10.4. The van der Waals surface area contributed by atoms with Gasteiger partial charge in [-0.15, -0.1) is 0 Å². The summed E-state index contributed by atoms with van der Waals surface area (Å²) in [7, 11) is 0. The van der Waals surface area contributed by atoms with Gasteiger partial charge in [0.25, 0.3) is 0 Å². The van der Waals surface area contributed by atoms with Gasteiger partial charge in [-0.05, 0) is 20.8 Å². The fourth-order valence-corrected chi connectivity index (χ4v) is 1.54. The highest BCUT2D eigenvalue weighted by molar-refractivity contribution is 5.80. The van der Waals surface area contributed by atoms with E-state index < -0.39 is 0 Å². The molecular weight excluding hydrogens is 218 g/mol. The monoisotopic (exact) mass is 237 g/mol. The molecule has 3 N–H and O–H groups in total. The molecule has 94 valence electrons. The van der Waals surface area contributed by atoms with E-state index in [0.29, 0.717) is 18.9 Å². The number of carbonyl (C=O) groups excluding carboxylic acids is 1. The quantitative estimate of drug-likeness (QED) is 0.785. The molecule has 0 saturated heterocycles. The minimum absolute atomic E-state index is 0.0461. The summed E-state index contributed by atoms with van der Waals surface area (Å²) >= 11 is 0. The molecule has 0 fully saturated rings. The number of likely N-dealkylation sites (N-methyl/N-ethyl adjacent to an activating group) is 1. The summed E-state index contributed by atoms with van der Waals surface area (Å²) in [6.07, 6.45) is 0. The van der Waals surface area contributed by atoms with Crippen molar-refractivity contribution in [2.24, 2.45) is 0 Å². The van der Waals surface area contributed by atoms with Crippen LogP contribution in [0.3, 0.4) is 0 Å². The van der Waals surface area contributed by atoms with Gasteiger partial charge < -0.3 is 16.0 Å². The van der Waals surface area contributed by atoms with Crippen molar-refractivity contribution in [1.82, 2.24) is 14.9 Å². The van der Waals surface area contributed by atoms with E-state index in [1.165, 1.54) is 0 Å². The Morgan fingerprint density at radius 3 is 2.59 bits per heavy atom. The van der Waals surface area contributed by atoms with E-state index in [-0.39, 0.29) is 18.4 Å². The summed E-state index contributed by atoms with van der Waals surface area (Å²) in [6, 6.07) is 1.76. The Morgan fingerprint density at radius 2 is 2.06 bits per heavy atom. The number of anilines is 2. The number of nitrogens with two attached hydrogens (primary N) is 1. The second-order valence-corrected chi connectivity index (χ2v) is 3.67. The molecule has 0 radical (unpaired) electrons. The first-order chi connectivity index (χ1) is 8.06. The first-order valence-electron chi connectivity index (χ1n) is 5.69. The molecule has 0 unspecified atom stereocenters. The van der Waals surface area contributed by atoms with Crippen LogP contribution >= 0.6 is 0 Å². The Balaban J connectivity index is 2.58. The number of aromatic nitrogens is 2. The molecule has 6 heteroatoms. The van der Waals surface area contributed by atoms with Gasteiger partial charge in [-0.2, -0.15) is 4.98 Å². The Labute approximate surface area is 101 Å². The second kappa shape index (κ2) is 6.03. The molecule has 0 saturated carbocycles. The molecule has 0 spiro atoms. The molecule has 1 heterocycles. The molecule has 0 aromatic carbocycles. The minimum Gasteiger partial charge on any atom is -0.368 e. The summed E-state index contributed by atoms with van der Waals surface area (Å²) in [4.78, 5) is 21.5. The van der Waals surface area contributed by atoms with Gasteiger partial charge in [-0.25, -0.2) is 4.98 Å². The van der Waals surface area contributed by atoms with E-state index >= 15 is 0 Å². The molecular formula is C11H19N5O. The zero-order valence-corrected chi connectivity index (χ0v) is 10.5. The predicted octanol–water partition coefficient (Wildman–Crippen LogP) is 0.648. The summed E-state index contributed by atoms with van der Waals surface area (Å²) in [5.74, 6) is 0.836. The Bertz CT molecular complexity index is 369. The number of nitrogens with one attached hydrogen (secondary N) is 1. The SMILES string of the molecule is CCN(CC)C(=O)CNc1cc(C)nc(N)n1. The van der Waals surface area contributed by atoms with Crippen LogP contribution in [-0.2, 0) is 4.79 Å². The van der Waals surface area contributed by atoms with Crippen LogP contribution in [0.5, 0.6) is 0 Å². The maximum Gasteiger partial charge on any atom is 0.241 e. The second-order valence-electron chi connectivity index (χ2n) is 3.67. The Kier molecular flexibility index (Phi) is 4.68. The molecule has 1 aromatic heterocycles. The average Bonchev–Trinajstić information content (AvgIpc) is 2.27. The number of carbonyl (C=O) groups is 1. The van der Waals surface area contributed by atoms with Crippen molar-refractivity contribution in [2.75, 3.05) is 30.7 Å². The van der Waals surface area contributed by atoms with Crippen molar-refractivity contribution in [3.63, 3.8) is 0 Å². The molecule has 17 heavy (non-hydrogen) atoms. The highest BCUT2D eigenvalue weighted by Crippen LogP contribution is 2.06. The van der Waals surface area contributed by atoms with Gasteiger partial charge in [-0.1, -0.05) is 0 Å². The van der Waals surface area contributed by atoms with Crippen LogP contribution in [0.1, 0.15) is 19.5 Å². The zero-order valence-electron chi connectivity index (χ0n) is 10.5. The number of amides is 1. The van der Waals surface area contributed by atoms with Gasteiger partial charge in [0.1, 0.15) is 5.82 Å². The van der Waals surface area contributed by atoms with Crippen molar-refractivity contribution in [3.8, 4) is 0 Å². The van der Waals surface area contributed by atoms with Gasteiger partial charge in [-0.3, -0.25) is 4.79 Å². The average molecular weight is 237 g/mol. The fourth-order valence-electron chi connectivity index (χ4n) is 1.54. The molecule has 1 rings (SSSR count). The lowest BCUT2D eigenvalue weighted by Gasteiger charge is -2.18. The van der Waals surface area contributed by atoms with Gasteiger partial charge >= 0.3 is 0 Å². The number of aryl methyl sites for hydroxylation is 1. The Hall–Kier alpha value is -1.85. The van der Waals surface area contributed by atoms with Crippen molar-refractivity contribution in [2.45, 2.75) is 20.8 Å². The molecule has 0 aliphatic heterocycles. The van der Waals surface area contributed by atoms with Crippen LogP contribution in [-0.4, -0.2) is 40.4 Å². The molecule has 1 amide bonds. The topological polar surface area (TPSA) is 84.1 Å². The molecule has 1 aromatic rings. The van der Waals surface area contributed by atoms with Gasteiger partial charge in [0.2, 0.25) is 11.9 Å². The first-order valence-corrected chi connectivity index (χ1v) is 5.69. The first kappa shape index (κ1) is 13.2. The number of hydrogen-bond donors (Lipinski definition) is 2. The van der Waals surface area contributed by atoms with Crippen molar-refractivity contribution in [3.05, 3.63) is 11.8 Å². The van der Waals surface area contributed by atoms with E-state index in [1.54, 1.807) is 11.0 Å². The lowest BCUT2D eigenvalue weighted by molar-refractivity contribution is -0.128. The van der Waals surface area contributed by atoms with Crippen molar-refractivity contribution in [1.29, 1.82) is 0 Å². The summed E-state index contributed by atoms with van der Waals surface area (Å²) in [5, 5.41) is 2.95. The minimum atomic E-state index is 0.0461. The largest absolute Gasteiger partial charge is 0.368 e. The Morgan fingerprint density at radius 1 is 1.41 bits per heavy atom. The highest BCUT2D eigenvalue weighted by Gasteiger charge is 2.09. The molecule has 0 bridgehead atoms. The van der Waals surface area contributed by atoms with E-state index in [9.17, 15) is 4.79 Å². The maximum atomic E-state index is 11.7. The van der Waals surface area contributed by atoms with Crippen LogP contribution < -0.4 is 11.1 Å².